The van der Waals surface area contributed by atoms with Crippen molar-refractivity contribution in [3.05, 3.63) is 47.3 Å². The summed E-state index contributed by atoms with van der Waals surface area (Å²) >= 11 is 0. The molecule has 1 fully saturated rings. The highest BCUT2D eigenvalue weighted by molar-refractivity contribution is 6.10. The minimum atomic E-state index is -0.475. The summed E-state index contributed by atoms with van der Waals surface area (Å²) in [6.45, 7) is 6.13. The van der Waals surface area contributed by atoms with E-state index in [0.29, 0.717) is 18.5 Å². The number of amidine groups is 1. The first-order valence-electron chi connectivity index (χ1n) is 7.92. The molecule has 24 heavy (non-hydrogen) atoms. The molecular weight excluding hydrogens is 304 g/mol. The lowest BCUT2D eigenvalue weighted by Gasteiger charge is -2.22. The van der Waals surface area contributed by atoms with E-state index in [0.717, 1.165) is 5.56 Å². The Bertz CT molecular complexity index is 707. The third-order valence-electron chi connectivity index (χ3n) is 4.13. The second-order valence-corrected chi connectivity index (χ2v) is 6.61. The highest BCUT2D eigenvalue weighted by Crippen LogP contribution is 2.31. The fourth-order valence-electron chi connectivity index (χ4n) is 2.61. The van der Waals surface area contributed by atoms with Gasteiger partial charge in [-0.2, -0.15) is 0 Å². The van der Waals surface area contributed by atoms with Crippen LogP contribution in [0.2, 0.25) is 0 Å². The van der Waals surface area contributed by atoms with Crippen LogP contribution in [0.3, 0.4) is 0 Å². The molecule has 1 aliphatic rings. The van der Waals surface area contributed by atoms with E-state index in [1.807, 2.05) is 32.9 Å². The van der Waals surface area contributed by atoms with Crippen LogP contribution in [-0.4, -0.2) is 36.1 Å². The van der Waals surface area contributed by atoms with E-state index in [1.165, 1.54) is 11.1 Å². The minimum Gasteiger partial charge on any atom is -0.392 e. The van der Waals surface area contributed by atoms with Crippen LogP contribution >= 0.6 is 0 Å². The van der Waals surface area contributed by atoms with Crippen LogP contribution in [0.25, 0.3) is 0 Å². The van der Waals surface area contributed by atoms with Crippen LogP contribution < -0.4 is 10.6 Å². The predicted molar refractivity (Wildman–Crippen MR) is 93.6 cm³/mol. The first-order valence-corrected chi connectivity index (χ1v) is 7.92. The molecule has 0 aliphatic carbocycles. The van der Waals surface area contributed by atoms with E-state index in [9.17, 15) is 9.59 Å². The molecule has 3 N–H and O–H groups in total. The van der Waals surface area contributed by atoms with Gasteiger partial charge < -0.3 is 10.6 Å². The molecule has 128 valence electrons. The molecule has 1 aliphatic heterocycles. The molecule has 1 aromatic carbocycles. The summed E-state index contributed by atoms with van der Waals surface area (Å²) in [5, 5.41) is 13.9. The van der Waals surface area contributed by atoms with E-state index in [2.05, 4.69) is 10.6 Å². The molecule has 0 unspecified atom stereocenters. The van der Waals surface area contributed by atoms with Crippen molar-refractivity contribution in [1.29, 1.82) is 5.41 Å². The van der Waals surface area contributed by atoms with Crippen molar-refractivity contribution in [3.8, 4) is 0 Å². The lowest BCUT2D eigenvalue weighted by molar-refractivity contribution is -0.131. The number of nitrogens with one attached hydrogen (secondary N) is 3. The molecule has 0 radical (unpaired) electrons. The Labute approximate surface area is 142 Å². The van der Waals surface area contributed by atoms with Crippen LogP contribution in [0.15, 0.2) is 36.2 Å². The lowest BCUT2D eigenvalue weighted by atomic mass is 9.92. The van der Waals surface area contributed by atoms with Crippen molar-refractivity contribution in [1.82, 2.24) is 15.5 Å². The lowest BCUT2D eigenvalue weighted by Crippen LogP contribution is -2.41. The molecule has 0 aromatic heterocycles. The predicted octanol–water partition coefficient (Wildman–Crippen LogP) is 2.02. The van der Waals surface area contributed by atoms with Crippen LogP contribution in [-0.2, 0) is 4.79 Å². The van der Waals surface area contributed by atoms with Crippen LogP contribution in [0.5, 0.6) is 0 Å². The number of amides is 2. The van der Waals surface area contributed by atoms with Gasteiger partial charge in [0.25, 0.3) is 5.91 Å². The van der Waals surface area contributed by atoms with E-state index in [1.54, 1.807) is 19.2 Å². The molecule has 0 saturated carbocycles. The van der Waals surface area contributed by atoms with Crippen molar-refractivity contribution < 1.29 is 9.59 Å². The maximum Gasteiger partial charge on any atom is 0.255 e. The van der Waals surface area contributed by atoms with Crippen molar-refractivity contribution in [2.45, 2.75) is 27.2 Å². The van der Waals surface area contributed by atoms with Crippen molar-refractivity contribution in [2.75, 3.05) is 13.6 Å². The normalized spacial score (nSPS) is 16.9. The summed E-state index contributed by atoms with van der Waals surface area (Å²) in [6.07, 6.45) is 2.21. The van der Waals surface area contributed by atoms with Gasteiger partial charge in [-0.05, 0) is 25.5 Å². The number of hydrogen-bond donors (Lipinski definition) is 3. The number of likely N-dealkylation sites (tertiary alicyclic amines) is 1. The topological polar surface area (TPSA) is 85.3 Å². The molecule has 1 saturated heterocycles. The SMILES string of the molecule is CN/C=C(/NC(=O)c1cccc(C)c1)C(=N)N1CCC(C)(C)C1=O. The fraction of sp³-hybridized carbons (Fsp3) is 0.389. The number of hydrogen-bond acceptors (Lipinski definition) is 4. The van der Waals surface area contributed by atoms with Gasteiger partial charge in [0.05, 0.1) is 5.70 Å². The van der Waals surface area contributed by atoms with Gasteiger partial charge in [0, 0.05) is 30.8 Å². The monoisotopic (exact) mass is 328 g/mol. The minimum absolute atomic E-state index is 0.000859. The third-order valence-corrected chi connectivity index (χ3v) is 4.13. The quantitative estimate of drug-likeness (QED) is 0.584. The smallest absolute Gasteiger partial charge is 0.255 e. The molecule has 6 heteroatoms. The summed E-state index contributed by atoms with van der Waals surface area (Å²) < 4.78 is 0. The zero-order valence-electron chi connectivity index (χ0n) is 14.6. The summed E-state index contributed by atoms with van der Waals surface area (Å²) in [5.41, 5.74) is 1.29. The number of benzene rings is 1. The Balaban J connectivity index is 2.18. The average molecular weight is 328 g/mol. The first-order chi connectivity index (χ1) is 11.3. The Morgan fingerprint density at radius 2 is 2.08 bits per heavy atom. The number of carbonyl (C=O) groups excluding carboxylic acids is 2. The van der Waals surface area contributed by atoms with Gasteiger partial charge in [-0.3, -0.25) is 19.9 Å². The Morgan fingerprint density at radius 1 is 1.38 bits per heavy atom. The van der Waals surface area contributed by atoms with E-state index in [-0.39, 0.29) is 23.3 Å². The van der Waals surface area contributed by atoms with E-state index in [4.69, 9.17) is 5.41 Å². The zero-order valence-corrected chi connectivity index (χ0v) is 14.6. The van der Waals surface area contributed by atoms with Gasteiger partial charge in [-0.25, -0.2) is 0 Å². The Kier molecular flexibility index (Phi) is 5.07. The molecule has 0 atom stereocenters. The van der Waals surface area contributed by atoms with Crippen molar-refractivity contribution >= 4 is 17.6 Å². The number of aryl methyl sites for hydroxylation is 1. The molecule has 2 amide bonds. The van der Waals surface area contributed by atoms with Gasteiger partial charge in [0.15, 0.2) is 5.84 Å². The van der Waals surface area contributed by atoms with Crippen LogP contribution in [0.1, 0.15) is 36.2 Å². The molecule has 1 heterocycles. The number of rotatable bonds is 4. The van der Waals surface area contributed by atoms with Gasteiger partial charge in [0.2, 0.25) is 5.91 Å². The zero-order chi connectivity index (χ0) is 17.9. The second-order valence-electron chi connectivity index (χ2n) is 6.61. The maximum absolute atomic E-state index is 12.4. The van der Waals surface area contributed by atoms with Gasteiger partial charge in [-0.1, -0.05) is 31.5 Å². The number of nitrogens with zero attached hydrogens (tertiary/aromatic N) is 1. The van der Waals surface area contributed by atoms with Crippen molar-refractivity contribution in [2.24, 2.45) is 5.41 Å². The molecule has 6 nitrogen and oxygen atoms in total. The highest BCUT2D eigenvalue weighted by atomic mass is 16.2. The largest absolute Gasteiger partial charge is 0.392 e. The summed E-state index contributed by atoms with van der Waals surface area (Å²) in [7, 11) is 1.68. The molecular formula is C18H24N4O2. The van der Waals surface area contributed by atoms with E-state index >= 15 is 0 Å². The Morgan fingerprint density at radius 3 is 2.62 bits per heavy atom. The summed E-state index contributed by atoms with van der Waals surface area (Å²) in [5.74, 6) is -0.406. The molecule has 0 bridgehead atoms. The first kappa shape index (κ1) is 17.7. The maximum atomic E-state index is 12.4. The third kappa shape index (κ3) is 3.64. The molecule has 1 aromatic rings. The number of carbonyl (C=O) groups is 2. The van der Waals surface area contributed by atoms with Crippen LogP contribution in [0.4, 0.5) is 0 Å². The standard InChI is InChI=1S/C18H24N4O2/c1-12-6-5-7-13(10-12)16(23)21-14(11-20-4)15(19)22-9-8-18(2,3)17(22)24/h5-7,10-11,19-20H,8-9H2,1-4H3,(H,21,23)/b14-11+,19-15?. The van der Waals surface area contributed by atoms with E-state index < -0.39 is 5.41 Å². The van der Waals surface area contributed by atoms with Gasteiger partial charge >= 0.3 is 0 Å². The summed E-state index contributed by atoms with van der Waals surface area (Å²) in [6, 6.07) is 7.21. The fourth-order valence-corrected chi connectivity index (χ4v) is 2.61. The summed E-state index contributed by atoms with van der Waals surface area (Å²) in [4.78, 5) is 26.2. The van der Waals surface area contributed by atoms with Gasteiger partial charge in [-0.15, -0.1) is 0 Å². The molecule has 0 spiro atoms. The van der Waals surface area contributed by atoms with Gasteiger partial charge in [0.1, 0.15) is 0 Å². The van der Waals surface area contributed by atoms with Crippen LogP contribution in [0, 0.1) is 17.7 Å². The van der Waals surface area contributed by atoms with Crippen molar-refractivity contribution in [3.63, 3.8) is 0 Å². The second kappa shape index (κ2) is 6.86. The highest BCUT2D eigenvalue weighted by Gasteiger charge is 2.41. The molecule has 2 rings (SSSR count). The Hall–Kier alpha value is -2.63. The average Bonchev–Trinajstić information content (AvgIpc) is 2.80.